The average Bonchev–Trinajstić information content (AvgIpc) is 2.94. The Hall–Kier alpha value is -3.61. The molecule has 1 fully saturated rings. The molecule has 4 rings (SSSR count). The molecular weight excluding hydrogens is 508 g/mol. The molecule has 0 spiro atoms. The summed E-state index contributed by atoms with van der Waals surface area (Å²) < 4.78 is 11.4. The van der Waals surface area contributed by atoms with Crippen LogP contribution < -0.4 is 10.6 Å². The Bertz CT molecular complexity index is 1270. The minimum absolute atomic E-state index is 0.0518. The standard InChI is InChI=1S/C31H40N4O5/c1-7-11-21-23(8-2)40-18-30(5,38)27(21)33-28(37)20-13-12-19-14-15-24(39-6)26(22(19)16-20)35-25(36)17-31(9-3,10-4)34-29(35)32/h2,7,11-13,16,24,26-27,38H,9-10,14-15,17-18H2,1,3-6H3,(H2,32,34)(H,33,37)/b11-7-/t24-,26-,27+,30+/m0/s1. The van der Waals surface area contributed by atoms with Gasteiger partial charge in [-0.25, -0.2) is 0 Å². The van der Waals surface area contributed by atoms with E-state index in [4.69, 9.17) is 21.3 Å². The van der Waals surface area contributed by atoms with Crippen molar-refractivity contribution >= 4 is 17.8 Å². The Morgan fingerprint density at radius 3 is 2.73 bits per heavy atom. The molecular formula is C31H40N4O5. The molecule has 0 unspecified atom stereocenters. The fourth-order valence-electron chi connectivity index (χ4n) is 6.05. The number of rotatable bonds is 7. The topological polar surface area (TPSA) is 124 Å². The van der Waals surface area contributed by atoms with E-state index in [0.29, 0.717) is 17.6 Å². The van der Waals surface area contributed by atoms with Crippen molar-refractivity contribution in [1.82, 2.24) is 15.5 Å². The van der Waals surface area contributed by atoms with E-state index >= 15 is 0 Å². The van der Waals surface area contributed by atoms with Crippen LogP contribution in [0.2, 0.25) is 0 Å². The predicted octanol–water partition coefficient (Wildman–Crippen LogP) is 3.35. The molecule has 0 aromatic heterocycles. The van der Waals surface area contributed by atoms with Crippen LogP contribution in [0.15, 0.2) is 41.7 Å². The second-order valence-corrected chi connectivity index (χ2v) is 11.1. The minimum Gasteiger partial charge on any atom is -0.482 e. The molecule has 1 aromatic rings. The fourth-order valence-corrected chi connectivity index (χ4v) is 6.05. The maximum atomic E-state index is 13.6. The van der Waals surface area contributed by atoms with Crippen LogP contribution in [0.4, 0.5) is 0 Å². The molecule has 0 bridgehead atoms. The van der Waals surface area contributed by atoms with Gasteiger partial charge in [0.05, 0.1) is 24.6 Å². The highest BCUT2D eigenvalue weighted by molar-refractivity contribution is 6.00. The zero-order valence-corrected chi connectivity index (χ0v) is 24.0. The first-order valence-electron chi connectivity index (χ1n) is 13.9. The van der Waals surface area contributed by atoms with Crippen molar-refractivity contribution < 1.29 is 24.2 Å². The number of allylic oxidation sites excluding steroid dienone is 2. The van der Waals surface area contributed by atoms with Crippen molar-refractivity contribution in [3.05, 3.63) is 58.4 Å². The van der Waals surface area contributed by atoms with Crippen LogP contribution >= 0.6 is 0 Å². The van der Waals surface area contributed by atoms with E-state index in [9.17, 15) is 14.7 Å². The number of carbonyl (C=O) groups is 2. The molecule has 4 atom stereocenters. The van der Waals surface area contributed by atoms with Gasteiger partial charge in [0.15, 0.2) is 11.7 Å². The fraction of sp³-hybridized carbons (Fsp3) is 0.516. The summed E-state index contributed by atoms with van der Waals surface area (Å²) in [6.07, 6.45) is 11.9. The summed E-state index contributed by atoms with van der Waals surface area (Å²) in [6.45, 7) is 7.38. The average molecular weight is 549 g/mol. The maximum absolute atomic E-state index is 13.6. The first-order valence-corrected chi connectivity index (χ1v) is 13.9. The number of ether oxygens (including phenoxy) is 2. The Kier molecular flexibility index (Phi) is 8.43. The summed E-state index contributed by atoms with van der Waals surface area (Å²) >= 11 is 0. The lowest BCUT2D eigenvalue weighted by atomic mass is 9.81. The number of hydrogen-bond acceptors (Lipinski definition) is 6. The summed E-state index contributed by atoms with van der Waals surface area (Å²) in [6, 6.07) is 4.06. The lowest BCUT2D eigenvalue weighted by molar-refractivity contribution is -0.135. The first kappa shape index (κ1) is 29.4. The second-order valence-electron chi connectivity index (χ2n) is 11.1. The molecule has 1 aliphatic carbocycles. The zero-order valence-electron chi connectivity index (χ0n) is 24.0. The minimum atomic E-state index is -1.39. The normalized spacial score (nSPS) is 28.0. The first-order chi connectivity index (χ1) is 19.0. The number of benzene rings is 1. The van der Waals surface area contributed by atoms with Crippen LogP contribution in [-0.2, 0) is 20.7 Å². The van der Waals surface area contributed by atoms with E-state index in [1.165, 1.54) is 4.90 Å². The molecule has 9 heteroatoms. The van der Waals surface area contributed by atoms with E-state index in [2.05, 4.69) is 16.6 Å². The Morgan fingerprint density at radius 2 is 2.12 bits per heavy atom. The lowest BCUT2D eigenvalue weighted by Crippen LogP contribution is -2.64. The van der Waals surface area contributed by atoms with Gasteiger partial charge in [-0.15, -0.1) is 6.42 Å². The number of methoxy groups -OCH3 is 1. The summed E-state index contributed by atoms with van der Waals surface area (Å²) in [7, 11) is 1.61. The summed E-state index contributed by atoms with van der Waals surface area (Å²) in [4.78, 5) is 28.7. The van der Waals surface area contributed by atoms with Gasteiger partial charge >= 0.3 is 0 Å². The van der Waals surface area contributed by atoms with Gasteiger partial charge in [0.1, 0.15) is 12.2 Å². The molecule has 1 saturated heterocycles. The second kappa shape index (κ2) is 11.5. The predicted molar refractivity (Wildman–Crippen MR) is 152 cm³/mol. The molecule has 2 heterocycles. The van der Waals surface area contributed by atoms with Gasteiger partial charge in [-0.1, -0.05) is 32.1 Å². The third-order valence-electron chi connectivity index (χ3n) is 8.55. The Morgan fingerprint density at radius 1 is 1.40 bits per heavy atom. The van der Waals surface area contributed by atoms with Crippen molar-refractivity contribution in [1.29, 1.82) is 5.41 Å². The monoisotopic (exact) mass is 548 g/mol. The van der Waals surface area contributed by atoms with Gasteiger partial charge < -0.3 is 25.2 Å². The van der Waals surface area contributed by atoms with Gasteiger partial charge in [-0.3, -0.25) is 19.9 Å². The molecule has 1 aromatic carbocycles. The number of hydrogen-bond donors (Lipinski definition) is 4. The third-order valence-corrected chi connectivity index (χ3v) is 8.55. The van der Waals surface area contributed by atoms with Crippen LogP contribution in [0.25, 0.3) is 0 Å². The molecule has 9 nitrogen and oxygen atoms in total. The molecule has 2 aliphatic heterocycles. The largest absolute Gasteiger partial charge is 0.482 e. The number of aliphatic hydroxyl groups is 1. The number of nitrogens with one attached hydrogen (secondary N) is 3. The molecule has 0 saturated carbocycles. The molecule has 0 radical (unpaired) electrons. The Balaban J connectivity index is 1.70. The number of nitrogens with zero attached hydrogens (tertiary/aromatic N) is 1. The van der Waals surface area contributed by atoms with Crippen molar-refractivity contribution in [3.63, 3.8) is 0 Å². The van der Waals surface area contributed by atoms with Gasteiger partial charge in [0.2, 0.25) is 5.91 Å². The lowest BCUT2D eigenvalue weighted by Gasteiger charge is -2.47. The highest BCUT2D eigenvalue weighted by Crippen LogP contribution is 2.40. The smallest absolute Gasteiger partial charge is 0.251 e. The molecule has 3 aliphatic rings. The third kappa shape index (κ3) is 5.26. The maximum Gasteiger partial charge on any atom is 0.251 e. The SMILES string of the molecule is C#CC1=C(/C=C\C)[C@@H](NC(=O)c2ccc3c(c2)[C@H](N2C(=N)NC(CC)(CC)CC2=O)[C@@H](OC)CC3)[C@](C)(O)CO1. The number of carbonyl (C=O) groups excluding carboxylic acids is 2. The summed E-state index contributed by atoms with van der Waals surface area (Å²) in [5.74, 6) is 2.29. The van der Waals surface area contributed by atoms with Gasteiger partial charge in [0, 0.05) is 23.8 Å². The van der Waals surface area contributed by atoms with E-state index < -0.39 is 29.1 Å². The van der Waals surface area contributed by atoms with Crippen molar-refractivity contribution in [3.8, 4) is 12.3 Å². The van der Waals surface area contributed by atoms with Gasteiger partial charge in [-0.2, -0.15) is 0 Å². The van der Waals surface area contributed by atoms with Crippen LogP contribution in [0, 0.1) is 17.8 Å². The number of terminal acetylenes is 1. The van der Waals surface area contributed by atoms with E-state index in [1.807, 2.05) is 26.8 Å². The highest BCUT2D eigenvalue weighted by atomic mass is 16.5. The Labute approximate surface area is 236 Å². The van der Waals surface area contributed by atoms with E-state index in [1.54, 1.807) is 38.3 Å². The number of amides is 2. The van der Waals surface area contributed by atoms with Gasteiger partial charge in [0.25, 0.3) is 5.91 Å². The van der Waals surface area contributed by atoms with Crippen molar-refractivity contribution in [2.75, 3.05) is 13.7 Å². The van der Waals surface area contributed by atoms with Crippen LogP contribution in [0.1, 0.15) is 80.9 Å². The molecule has 40 heavy (non-hydrogen) atoms. The number of fused-ring (bicyclic) bond motifs is 1. The van der Waals surface area contributed by atoms with E-state index in [-0.39, 0.29) is 36.8 Å². The molecule has 4 N–H and O–H groups in total. The summed E-state index contributed by atoms with van der Waals surface area (Å²) in [5.41, 5.74) is 0.819. The van der Waals surface area contributed by atoms with Crippen molar-refractivity contribution in [2.45, 2.75) is 89.1 Å². The van der Waals surface area contributed by atoms with Crippen molar-refractivity contribution in [2.24, 2.45) is 0 Å². The highest BCUT2D eigenvalue weighted by Gasteiger charge is 2.46. The molecule has 2 amide bonds. The zero-order chi connectivity index (χ0) is 29.2. The van der Waals surface area contributed by atoms with Crippen LogP contribution in [-0.4, -0.2) is 64.8 Å². The van der Waals surface area contributed by atoms with E-state index in [0.717, 1.165) is 30.4 Å². The number of aryl methyl sites for hydroxylation is 1. The quantitative estimate of drug-likeness (QED) is 0.388. The van der Waals surface area contributed by atoms with Gasteiger partial charge in [-0.05, 0) is 68.7 Å². The molecule has 214 valence electrons. The van der Waals surface area contributed by atoms with Crippen LogP contribution in [0.3, 0.4) is 0 Å². The summed E-state index contributed by atoms with van der Waals surface area (Å²) in [5, 5.41) is 26.2. The number of guanidine groups is 1. The van der Waals surface area contributed by atoms with Crippen LogP contribution in [0.5, 0.6) is 0 Å².